The molecule has 0 saturated carbocycles. The molecule has 0 aliphatic rings. The molecule has 1 N–H and O–H groups in total. The number of amides is 2. The molecule has 5 nitrogen and oxygen atoms in total. The highest BCUT2D eigenvalue weighted by atomic mass is 35.5. The second-order valence-electron chi connectivity index (χ2n) is 5.94. The number of hydrogen-bond acceptors (Lipinski definition) is 3. The minimum absolute atomic E-state index is 0.0900. The van der Waals surface area contributed by atoms with E-state index in [2.05, 4.69) is 5.32 Å². The average Bonchev–Trinajstić information content (AvgIpc) is 2.57. The lowest BCUT2D eigenvalue weighted by atomic mass is 10.2. The van der Waals surface area contributed by atoms with E-state index in [-0.39, 0.29) is 11.8 Å². The second-order valence-corrected chi connectivity index (χ2v) is 6.37. The van der Waals surface area contributed by atoms with Gasteiger partial charge in [-0.3, -0.25) is 9.59 Å². The number of anilines is 1. The summed E-state index contributed by atoms with van der Waals surface area (Å²) in [7, 11) is 3.38. The minimum atomic E-state index is -0.678. The first-order valence-electron chi connectivity index (χ1n) is 7.83. The summed E-state index contributed by atoms with van der Waals surface area (Å²) >= 11 is 5.92. The zero-order valence-corrected chi connectivity index (χ0v) is 15.4. The lowest BCUT2D eigenvalue weighted by Crippen LogP contribution is -2.30. The van der Waals surface area contributed by atoms with E-state index < -0.39 is 6.10 Å². The van der Waals surface area contributed by atoms with Crippen molar-refractivity contribution in [1.29, 1.82) is 0 Å². The molecule has 2 amide bonds. The van der Waals surface area contributed by atoms with Gasteiger partial charge in [-0.05, 0) is 61.9 Å². The Kier molecular flexibility index (Phi) is 6.04. The van der Waals surface area contributed by atoms with E-state index in [1.807, 2.05) is 6.92 Å². The summed E-state index contributed by atoms with van der Waals surface area (Å²) in [5.41, 5.74) is 2.02. The topological polar surface area (TPSA) is 58.6 Å². The predicted octanol–water partition coefficient (Wildman–Crippen LogP) is 3.76. The Hall–Kier alpha value is -2.53. The maximum atomic E-state index is 12.3. The number of carbonyl (C=O) groups is 2. The standard InChI is InChI=1S/C19H21ClN2O3/c1-12-11-15(20)7-10-17(12)25-13(2)18(23)21-16-8-5-14(6-9-16)19(24)22(3)4/h5-11,13H,1-4H3,(H,21,23)/t13-/m0/s1. The Labute approximate surface area is 152 Å². The smallest absolute Gasteiger partial charge is 0.265 e. The van der Waals surface area contributed by atoms with Crippen molar-refractivity contribution in [2.24, 2.45) is 0 Å². The van der Waals surface area contributed by atoms with Crippen LogP contribution in [0.15, 0.2) is 42.5 Å². The first-order valence-corrected chi connectivity index (χ1v) is 8.21. The van der Waals surface area contributed by atoms with Gasteiger partial charge in [0.05, 0.1) is 0 Å². The predicted molar refractivity (Wildman–Crippen MR) is 99.4 cm³/mol. The van der Waals surface area contributed by atoms with Crippen LogP contribution in [0.5, 0.6) is 5.75 Å². The molecule has 1 atom stereocenters. The summed E-state index contributed by atoms with van der Waals surface area (Å²) in [5.74, 6) is 0.243. The second kappa shape index (κ2) is 8.03. The van der Waals surface area contributed by atoms with Crippen LogP contribution in [0.25, 0.3) is 0 Å². The van der Waals surface area contributed by atoms with E-state index >= 15 is 0 Å². The molecule has 0 bridgehead atoms. The van der Waals surface area contributed by atoms with Crippen LogP contribution >= 0.6 is 11.6 Å². The molecule has 0 unspecified atom stereocenters. The third-order valence-corrected chi connectivity index (χ3v) is 3.85. The van der Waals surface area contributed by atoms with Gasteiger partial charge in [0.25, 0.3) is 11.8 Å². The molecule has 0 aliphatic heterocycles. The van der Waals surface area contributed by atoms with Gasteiger partial charge in [-0.2, -0.15) is 0 Å². The molecular formula is C19H21ClN2O3. The van der Waals surface area contributed by atoms with Crippen molar-refractivity contribution in [2.45, 2.75) is 20.0 Å². The minimum Gasteiger partial charge on any atom is -0.481 e. The molecule has 2 rings (SSSR count). The Morgan fingerprint density at radius 1 is 1.12 bits per heavy atom. The number of hydrogen-bond donors (Lipinski definition) is 1. The average molecular weight is 361 g/mol. The first kappa shape index (κ1) is 18.8. The van der Waals surface area contributed by atoms with E-state index in [0.29, 0.717) is 22.0 Å². The van der Waals surface area contributed by atoms with E-state index in [1.165, 1.54) is 4.90 Å². The normalized spacial score (nSPS) is 11.6. The largest absolute Gasteiger partial charge is 0.481 e. The van der Waals surface area contributed by atoms with Crippen LogP contribution in [0.4, 0.5) is 5.69 Å². The summed E-state index contributed by atoms with van der Waals surface area (Å²) < 4.78 is 5.70. The molecule has 25 heavy (non-hydrogen) atoms. The zero-order chi connectivity index (χ0) is 18.6. The van der Waals surface area contributed by atoms with Crippen molar-refractivity contribution in [3.05, 3.63) is 58.6 Å². The number of aryl methyl sites for hydroxylation is 1. The fraction of sp³-hybridized carbons (Fsp3) is 0.263. The molecule has 2 aromatic carbocycles. The van der Waals surface area contributed by atoms with Crippen molar-refractivity contribution >= 4 is 29.1 Å². The molecule has 0 radical (unpaired) electrons. The Balaban J connectivity index is 2.00. The number of halogens is 1. The van der Waals surface area contributed by atoms with E-state index in [0.717, 1.165) is 5.56 Å². The van der Waals surface area contributed by atoms with Crippen molar-refractivity contribution < 1.29 is 14.3 Å². The number of rotatable bonds is 5. The summed E-state index contributed by atoms with van der Waals surface area (Å²) in [6.07, 6.45) is -0.678. The molecule has 6 heteroatoms. The Morgan fingerprint density at radius 2 is 1.76 bits per heavy atom. The molecule has 0 spiro atoms. The zero-order valence-electron chi connectivity index (χ0n) is 14.7. The van der Waals surface area contributed by atoms with Crippen LogP contribution in [0, 0.1) is 6.92 Å². The third-order valence-electron chi connectivity index (χ3n) is 3.62. The van der Waals surface area contributed by atoms with E-state index in [1.54, 1.807) is 63.5 Å². The quantitative estimate of drug-likeness (QED) is 0.883. The number of nitrogens with one attached hydrogen (secondary N) is 1. The number of benzene rings is 2. The number of ether oxygens (including phenoxy) is 1. The van der Waals surface area contributed by atoms with Gasteiger partial charge < -0.3 is 15.0 Å². The molecule has 2 aromatic rings. The lowest BCUT2D eigenvalue weighted by molar-refractivity contribution is -0.122. The van der Waals surface area contributed by atoms with Crippen molar-refractivity contribution in [3.63, 3.8) is 0 Å². The van der Waals surface area contributed by atoms with Gasteiger partial charge in [0.15, 0.2) is 6.10 Å². The van der Waals surface area contributed by atoms with Gasteiger partial charge >= 0.3 is 0 Å². The monoisotopic (exact) mass is 360 g/mol. The first-order chi connectivity index (χ1) is 11.8. The Bertz CT molecular complexity index is 773. The molecule has 132 valence electrons. The fourth-order valence-electron chi connectivity index (χ4n) is 2.19. The molecule has 0 fully saturated rings. The SMILES string of the molecule is Cc1cc(Cl)ccc1O[C@@H](C)C(=O)Nc1ccc(C(=O)N(C)C)cc1. The van der Waals surface area contributed by atoms with Gasteiger partial charge in [-0.15, -0.1) is 0 Å². The summed E-state index contributed by atoms with van der Waals surface area (Å²) in [4.78, 5) is 25.6. The van der Waals surface area contributed by atoms with Crippen LogP contribution in [-0.2, 0) is 4.79 Å². The molecular weight excluding hydrogens is 340 g/mol. The van der Waals surface area contributed by atoms with Crippen LogP contribution in [0.3, 0.4) is 0 Å². The molecule has 0 saturated heterocycles. The van der Waals surface area contributed by atoms with Crippen LogP contribution < -0.4 is 10.1 Å². The highest BCUT2D eigenvalue weighted by Crippen LogP contribution is 2.23. The van der Waals surface area contributed by atoms with Crippen LogP contribution in [0.1, 0.15) is 22.8 Å². The Morgan fingerprint density at radius 3 is 2.32 bits per heavy atom. The maximum absolute atomic E-state index is 12.3. The van der Waals surface area contributed by atoms with Gasteiger partial charge in [-0.25, -0.2) is 0 Å². The molecule has 0 heterocycles. The van der Waals surface area contributed by atoms with Crippen molar-refractivity contribution in [1.82, 2.24) is 4.90 Å². The van der Waals surface area contributed by atoms with Gasteiger partial charge in [0, 0.05) is 30.4 Å². The fourth-order valence-corrected chi connectivity index (χ4v) is 2.41. The van der Waals surface area contributed by atoms with E-state index in [4.69, 9.17) is 16.3 Å². The van der Waals surface area contributed by atoms with Crippen molar-refractivity contribution in [2.75, 3.05) is 19.4 Å². The maximum Gasteiger partial charge on any atom is 0.265 e. The van der Waals surface area contributed by atoms with Gasteiger partial charge in [-0.1, -0.05) is 11.6 Å². The van der Waals surface area contributed by atoms with Gasteiger partial charge in [0.1, 0.15) is 5.75 Å². The molecule has 0 aromatic heterocycles. The lowest BCUT2D eigenvalue weighted by Gasteiger charge is -2.16. The van der Waals surface area contributed by atoms with Crippen LogP contribution in [-0.4, -0.2) is 36.9 Å². The summed E-state index contributed by atoms with van der Waals surface area (Å²) in [6, 6.07) is 12.0. The van der Waals surface area contributed by atoms with Crippen molar-refractivity contribution in [3.8, 4) is 5.75 Å². The summed E-state index contributed by atoms with van der Waals surface area (Å²) in [5, 5.41) is 3.39. The number of nitrogens with zero attached hydrogens (tertiary/aromatic N) is 1. The number of carbonyl (C=O) groups excluding carboxylic acids is 2. The van der Waals surface area contributed by atoms with Gasteiger partial charge in [0.2, 0.25) is 0 Å². The highest BCUT2D eigenvalue weighted by molar-refractivity contribution is 6.30. The van der Waals surface area contributed by atoms with E-state index in [9.17, 15) is 9.59 Å². The highest BCUT2D eigenvalue weighted by Gasteiger charge is 2.16. The third kappa shape index (κ3) is 4.97. The summed E-state index contributed by atoms with van der Waals surface area (Å²) in [6.45, 7) is 3.54. The van der Waals surface area contributed by atoms with Crippen LogP contribution in [0.2, 0.25) is 5.02 Å². The molecule has 0 aliphatic carbocycles.